The molecule has 1 amide bonds. The fourth-order valence-electron chi connectivity index (χ4n) is 2.26. The van der Waals surface area contributed by atoms with Gasteiger partial charge in [0.05, 0.1) is 10.7 Å². The minimum absolute atomic E-state index is 0.152. The number of aromatic nitrogens is 3. The predicted octanol–water partition coefficient (Wildman–Crippen LogP) is 4.34. The molecule has 1 aromatic carbocycles. The maximum atomic E-state index is 12.4. The molecule has 6 nitrogen and oxygen atoms in total. The maximum absolute atomic E-state index is 12.4. The number of amides is 1. The monoisotopic (exact) mass is 408 g/mol. The number of carbonyl (C=O) groups excluding carboxylic acids is 1. The topological polar surface area (TPSA) is 76.9 Å². The van der Waals surface area contributed by atoms with E-state index >= 15 is 0 Å². The van der Waals surface area contributed by atoms with Crippen LogP contribution in [-0.4, -0.2) is 20.7 Å². The summed E-state index contributed by atoms with van der Waals surface area (Å²) in [5.41, 5.74) is 1.27. The van der Waals surface area contributed by atoms with Gasteiger partial charge in [0, 0.05) is 28.6 Å². The normalized spacial score (nSPS) is 10.7. The summed E-state index contributed by atoms with van der Waals surface area (Å²) in [5.74, 6) is -0.432. The Morgan fingerprint density at radius 2 is 2.08 bits per heavy atom. The largest absolute Gasteiger partial charge is 0.296 e. The first kappa shape index (κ1) is 18.6. The van der Waals surface area contributed by atoms with Gasteiger partial charge < -0.3 is 0 Å². The number of nitrogens with zero attached hydrogens (tertiary/aromatic N) is 3. The third kappa shape index (κ3) is 4.12. The molecule has 0 unspecified atom stereocenters. The van der Waals surface area contributed by atoms with Crippen LogP contribution < -0.4 is 10.9 Å². The second-order valence-corrected chi connectivity index (χ2v) is 7.10. The molecule has 0 aliphatic rings. The number of thiazole rings is 1. The predicted molar refractivity (Wildman–Crippen MR) is 104 cm³/mol. The van der Waals surface area contributed by atoms with Gasteiger partial charge in [-0.2, -0.15) is 5.10 Å². The molecule has 2 heterocycles. The Bertz CT molecular complexity index is 1020. The van der Waals surface area contributed by atoms with E-state index in [-0.39, 0.29) is 11.3 Å². The SMILES string of the molecule is CCCn1nc(C(=O)Nc2nc(-c3ccc(Cl)cc3Cl)cs2)ccc1=O. The zero-order valence-corrected chi connectivity index (χ0v) is 16.0. The molecular weight excluding hydrogens is 395 g/mol. The molecule has 1 N–H and O–H groups in total. The number of nitrogens with one attached hydrogen (secondary N) is 1. The number of hydrogen-bond acceptors (Lipinski definition) is 5. The van der Waals surface area contributed by atoms with E-state index in [0.717, 1.165) is 12.0 Å². The molecule has 3 rings (SSSR count). The Balaban J connectivity index is 1.80. The molecule has 26 heavy (non-hydrogen) atoms. The molecule has 0 saturated heterocycles. The fourth-order valence-corrected chi connectivity index (χ4v) is 3.47. The van der Waals surface area contributed by atoms with Crippen molar-refractivity contribution >= 4 is 45.6 Å². The van der Waals surface area contributed by atoms with Crippen LogP contribution in [0, 0.1) is 0 Å². The quantitative estimate of drug-likeness (QED) is 0.680. The van der Waals surface area contributed by atoms with E-state index in [4.69, 9.17) is 23.2 Å². The highest BCUT2D eigenvalue weighted by Gasteiger charge is 2.14. The van der Waals surface area contributed by atoms with Gasteiger partial charge in [0.15, 0.2) is 5.13 Å². The van der Waals surface area contributed by atoms with Gasteiger partial charge in [-0.15, -0.1) is 11.3 Å². The molecular formula is C17H14Cl2N4O2S. The Hall–Kier alpha value is -2.22. The molecule has 0 aliphatic carbocycles. The number of rotatable bonds is 5. The third-order valence-electron chi connectivity index (χ3n) is 3.47. The van der Waals surface area contributed by atoms with Crippen molar-refractivity contribution in [2.45, 2.75) is 19.9 Å². The molecule has 0 radical (unpaired) electrons. The highest BCUT2D eigenvalue weighted by Crippen LogP contribution is 2.32. The van der Waals surface area contributed by atoms with Gasteiger partial charge in [0.2, 0.25) is 0 Å². The lowest BCUT2D eigenvalue weighted by Crippen LogP contribution is -2.26. The van der Waals surface area contributed by atoms with E-state index in [9.17, 15) is 9.59 Å². The first-order valence-corrected chi connectivity index (χ1v) is 9.42. The average Bonchev–Trinajstić information content (AvgIpc) is 3.05. The van der Waals surface area contributed by atoms with E-state index in [0.29, 0.717) is 27.4 Å². The standard InChI is InChI=1S/C17H14Cl2N4O2S/c1-2-7-23-15(24)6-5-13(22-23)16(25)21-17-20-14(9-26-17)11-4-3-10(18)8-12(11)19/h3-6,8-9H,2,7H2,1H3,(H,20,21,25). The van der Waals surface area contributed by atoms with Crippen LogP contribution in [0.2, 0.25) is 10.0 Å². The van der Waals surface area contributed by atoms with Crippen molar-refractivity contribution in [1.82, 2.24) is 14.8 Å². The van der Waals surface area contributed by atoms with Crippen molar-refractivity contribution in [2.75, 3.05) is 5.32 Å². The summed E-state index contributed by atoms with van der Waals surface area (Å²) in [6.45, 7) is 2.39. The summed E-state index contributed by atoms with van der Waals surface area (Å²) in [6, 6.07) is 7.86. The van der Waals surface area contributed by atoms with Gasteiger partial charge in [-0.25, -0.2) is 9.67 Å². The van der Waals surface area contributed by atoms with Crippen molar-refractivity contribution in [3.05, 3.63) is 61.8 Å². The number of halogens is 2. The molecule has 2 aromatic heterocycles. The molecule has 0 spiro atoms. The zero-order valence-electron chi connectivity index (χ0n) is 13.7. The smallest absolute Gasteiger partial charge is 0.277 e. The van der Waals surface area contributed by atoms with Crippen LogP contribution in [0.15, 0.2) is 40.5 Å². The van der Waals surface area contributed by atoms with Gasteiger partial charge in [-0.05, 0) is 30.7 Å². The van der Waals surface area contributed by atoms with Crippen molar-refractivity contribution in [1.29, 1.82) is 0 Å². The number of carbonyl (C=O) groups is 1. The van der Waals surface area contributed by atoms with Crippen molar-refractivity contribution in [3.63, 3.8) is 0 Å². The number of benzene rings is 1. The van der Waals surface area contributed by atoms with E-state index in [2.05, 4.69) is 15.4 Å². The molecule has 3 aromatic rings. The van der Waals surface area contributed by atoms with Crippen molar-refractivity contribution in [3.8, 4) is 11.3 Å². The Kier molecular flexibility index (Phi) is 5.70. The Labute approximate surface area is 163 Å². The molecule has 0 saturated carbocycles. The van der Waals surface area contributed by atoms with E-state index in [1.54, 1.807) is 23.6 Å². The van der Waals surface area contributed by atoms with Gasteiger partial charge in [0.1, 0.15) is 5.69 Å². The van der Waals surface area contributed by atoms with Gasteiger partial charge in [-0.3, -0.25) is 14.9 Å². The summed E-state index contributed by atoms with van der Waals surface area (Å²) < 4.78 is 1.27. The average molecular weight is 409 g/mol. The summed E-state index contributed by atoms with van der Waals surface area (Å²) in [7, 11) is 0. The lowest BCUT2D eigenvalue weighted by molar-refractivity contribution is 0.101. The Morgan fingerprint density at radius 1 is 1.27 bits per heavy atom. The summed E-state index contributed by atoms with van der Waals surface area (Å²) in [4.78, 5) is 28.4. The minimum atomic E-state index is -0.432. The van der Waals surface area contributed by atoms with Crippen LogP contribution in [-0.2, 0) is 6.54 Å². The van der Waals surface area contributed by atoms with Crippen LogP contribution in [0.5, 0.6) is 0 Å². The summed E-state index contributed by atoms with van der Waals surface area (Å²) in [5, 5.41) is 9.98. The molecule has 0 aliphatic heterocycles. The second-order valence-electron chi connectivity index (χ2n) is 5.40. The summed E-state index contributed by atoms with van der Waals surface area (Å²) in [6.07, 6.45) is 0.746. The number of hydrogen-bond donors (Lipinski definition) is 1. The molecule has 0 bridgehead atoms. The van der Waals surface area contributed by atoms with Gasteiger partial charge in [0.25, 0.3) is 11.5 Å². The molecule has 0 atom stereocenters. The minimum Gasteiger partial charge on any atom is -0.296 e. The molecule has 9 heteroatoms. The maximum Gasteiger partial charge on any atom is 0.277 e. The van der Waals surface area contributed by atoms with Crippen LogP contribution in [0.4, 0.5) is 5.13 Å². The molecule has 134 valence electrons. The van der Waals surface area contributed by atoms with Crippen molar-refractivity contribution in [2.24, 2.45) is 0 Å². The second kappa shape index (κ2) is 7.99. The highest BCUT2D eigenvalue weighted by molar-refractivity contribution is 7.14. The first-order valence-electron chi connectivity index (χ1n) is 7.78. The number of aryl methyl sites for hydroxylation is 1. The van der Waals surface area contributed by atoms with Gasteiger partial charge in [-0.1, -0.05) is 30.1 Å². The van der Waals surface area contributed by atoms with Crippen LogP contribution in [0.25, 0.3) is 11.3 Å². The molecule has 0 fully saturated rings. The van der Waals surface area contributed by atoms with Crippen LogP contribution in [0.1, 0.15) is 23.8 Å². The van der Waals surface area contributed by atoms with Crippen LogP contribution in [0.3, 0.4) is 0 Å². The van der Waals surface area contributed by atoms with Gasteiger partial charge >= 0.3 is 0 Å². The lowest BCUT2D eigenvalue weighted by Gasteiger charge is -2.05. The fraction of sp³-hybridized carbons (Fsp3) is 0.176. The lowest BCUT2D eigenvalue weighted by atomic mass is 10.2. The Morgan fingerprint density at radius 3 is 2.81 bits per heavy atom. The van der Waals surface area contributed by atoms with E-state index < -0.39 is 5.91 Å². The van der Waals surface area contributed by atoms with E-state index in [1.165, 1.54) is 28.2 Å². The van der Waals surface area contributed by atoms with Crippen LogP contribution >= 0.6 is 34.5 Å². The summed E-state index contributed by atoms with van der Waals surface area (Å²) >= 11 is 13.4. The highest BCUT2D eigenvalue weighted by atomic mass is 35.5. The first-order chi connectivity index (χ1) is 12.5. The zero-order chi connectivity index (χ0) is 18.7. The number of anilines is 1. The van der Waals surface area contributed by atoms with E-state index in [1.807, 2.05) is 6.92 Å². The van der Waals surface area contributed by atoms with Crippen molar-refractivity contribution < 1.29 is 4.79 Å². The third-order valence-corrected chi connectivity index (χ3v) is 4.77.